The summed E-state index contributed by atoms with van der Waals surface area (Å²) >= 11 is 0. The lowest BCUT2D eigenvalue weighted by molar-refractivity contribution is -0.127. The number of amides is 3. The first-order valence-electron chi connectivity index (χ1n) is 10.5. The van der Waals surface area contributed by atoms with Gasteiger partial charge in [-0.3, -0.25) is 15.0 Å². The highest BCUT2D eigenvalue weighted by atomic mass is 16.2. The van der Waals surface area contributed by atoms with Gasteiger partial charge in [-0.1, -0.05) is 43.7 Å². The molecule has 0 saturated carbocycles. The Morgan fingerprint density at radius 3 is 2.52 bits per heavy atom. The van der Waals surface area contributed by atoms with Gasteiger partial charge < -0.3 is 14.7 Å². The number of fused-ring (bicyclic) bond motifs is 1. The number of urea groups is 1. The summed E-state index contributed by atoms with van der Waals surface area (Å²) in [5.74, 6) is 0.625. The number of hydrogen-bond acceptors (Lipinski definition) is 6. The molecule has 8 nitrogen and oxygen atoms in total. The second-order valence-corrected chi connectivity index (χ2v) is 7.99. The van der Waals surface area contributed by atoms with Gasteiger partial charge in [-0.25, -0.2) is 9.79 Å². The molecule has 0 bridgehead atoms. The van der Waals surface area contributed by atoms with Crippen LogP contribution < -0.4 is 5.32 Å². The maximum absolute atomic E-state index is 12.6. The van der Waals surface area contributed by atoms with Crippen LogP contribution in [0.3, 0.4) is 0 Å². The second kappa shape index (κ2) is 8.41. The average Bonchev–Trinajstić information content (AvgIpc) is 3.12. The van der Waals surface area contributed by atoms with E-state index in [0.717, 1.165) is 58.1 Å². The number of benzene rings is 1. The molecule has 0 radical (unpaired) electrons. The van der Waals surface area contributed by atoms with Gasteiger partial charge in [0.05, 0.1) is 0 Å². The molecule has 0 aliphatic carbocycles. The predicted molar refractivity (Wildman–Crippen MR) is 111 cm³/mol. The highest BCUT2D eigenvalue weighted by Gasteiger charge is 2.49. The topological polar surface area (TPSA) is 71.5 Å². The first-order valence-corrected chi connectivity index (χ1v) is 10.5. The Kier molecular flexibility index (Phi) is 5.71. The Morgan fingerprint density at radius 2 is 1.83 bits per heavy atom. The van der Waals surface area contributed by atoms with Crippen LogP contribution in [0.25, 0.3) is 0 Å². The van der Waals surface area contributed by atoms with E-state index in [9.17, 15) is 9.59 Å². The molecule has 3 amide bonds. The molecule has 2 saturated heterocycles. The van der Waals surface area contributed by atoms with Crippen molar-refractivity contribution in [2.45, 2.75) is 38.5 Å². The number of nitrogens with zero attached hydrogens (tertiary/aromatic N) is 5. The summed E-state index contributed by atoms with van der Waals surface area (Å²) in [7, 11) is 1.71. The predicted octanol–water partition coefficient (Wildman–Crippen LogP) is 1.15. The van der Waals surface area contributed by atoms with Crippen LogP contribution in [-0.4, -0.2) is 89.5 Å². The van der Waals surface area contributed by atoms with Crippen LogP contribution in [0.2, 0.25) is 0 Å². The van der Waals surface area contributed by atoms with Gasteiger partial charge in [-0.15, -0.1) is 0 Å². The molecular weight excluding hydrogens is 368 g/mol. The number of carbonyl (C=O) groups excluding carboxylic acids is 2. The Balaban J connectivity index is 1.46. The van der Waals surface area contributed by atoms with E-state index in [-0.39, 0.29) is 11.9 Å². The van der Waals surface area contributed by atoms with Crippen LogP contribution in [0.1, 0.15) is 25.3 Å². The van der Waals surface area contributed by atoms with Gasteiger partial charge in [0.15, 0.2) is 18.2 Å². The lowest BCUT2D eigenvalue weighted by atomic mass is 10.1. The fourth-order valence-corrected chi connectivity index (χ4v) is 4.29. The van der Waals surface area contributed by atoms with Gasteiger partial charge in [0.25, 0.3) is 5.91 Å². The Bertz CT molecular complexity index is 775. The molecule has 29 heavy (non-hydrogen) atoms. The van der Waals surface area contributed by atoms with E-state index in [2.05, 4.69) is 51.2 Å². The summed E-state index contributed by atoms with van der Waals surface area (Å²) in [4.78, 5) is 37.9. The number of guanidine groups is 1. The molecule has 3 aliphatic rings. The van der Waals surface area contributed by atoms with E-state index in [1.54, 1.807) is 11.9 Å². The fourth-order valence-electron chi connectivity index (χ4n) is 4.29. The molecule has 156 valence electrons. The van der Waals surface area contributed by atoms with E-state index >= 15 is 0 Å². The smallest absolute Gasteiger partial charge is 0.325 e. The van der Waals surface area contributed by atoms with E-state index in [4.69, 9.17) is 4.99 Å². The van der Waals surface area contributed by atoms with Crippen molar-refractivity contribution in [2.24, 2.45) is 4.99 Å². The number of hydrogen-bond donors (Lipinski definition) is 1. The third-order valence-corrected chi connectivity index (χ3v) is 6.00. The first kappa shape index (κ1) is 19.7. The minimum atomic E-state index is -0.439. The summed E-state index contributed by atoms with van der Waals surface area (Å²) in [5, 5.41) is 2.47. The lowest BCUT2D eigenvalue weighted by Crippen LogP contribution is -2.64. The molecule has 2 fully saturated rings. The monoisotopic (exact) mass is 398 g/mol. The molecular formula is C21H30N6O2. The number of unbranched alkanes of at least 4 members (excludes halogenated alkanes) is 1. The molecule has 0 aromatic heterocycles. The van der Waals surface area contributed by atoms with Crippen molar-refractivity contribution < 1.29 is 9.59 Å². The minimum absolute atomic E-state index is 0.240. The summed E-state index contributed by atoms with van der Waals surface area (Å²) in [6, 6.07) is 9.73. The lowest BCUT2D eigenvalue weighted by Gasteiger charge is -2.40. The normalized spacial score (nSPS) is 25.2. The number of rotatable bonds is 5. The van der Waals surface area contributed by atoms with E-state index in [0.29, 0.717) is 0 Å². The summed E-state index contributed by atoms with van der Waals surface area (Å²) in [6.45, 7) is 7.50. The molecule has 1 aromatic carbocycles. The van der Waals surface area contributed by atoms with Crippen molar-refractivity contribution in [2.75, 3.05) is 39.8 Å². The second-order valence-electron chi connectivity index (χ2n) is 7.99. The number of aliphatic imine (C=N–C) groups is 1. The van der Waals surface area contributed by atoms with E-state index in [1.807, 2.05) is 6.07 Å². The Labute approximate surface area is 172 Å². The summed E-state index contributed by atoms with van der Waals surface area (Å²) in [5.41, 5.74) is 1.33. The van der Waals surface area contributed by atoms with Gasteiger partial charge in [-0.2, -0.15) is 0 Å². The third kappa shape index (κ3) is 3.94. The number of nitrogens with one attached hydrogen (secondary N) is 1. The van der Waals surface area contributed by atoms with Gasteiger partial charge in [0.1, 0.15) is 0 Å². The van der Waals surface area contributed by atoms with Crippen molar-refractivity contribution in [1.29, 1.82) is 0 Å². The minimum Gasteiger partial charge on any atom is -0.340 e. The van der Waals surface area contributed by atoms with Crippen molar-refractivity contribution >= 4 is 17.9 Å². The Hall–Kier alpha value is -2.61. The molecule has 1 aromatic rings. The zero-order valence-corrected chi connectivity index (χ0v) is 17.3. The molecule has 8 heteroatoms. The molecule has 4 rings (SSSR count). The van der Waals surface area contributed by atoms with Crippen molar-refractivity contribution in [3.8, 4) is 0 Å². The van der Waals surface area contributed by atoms with Crippen molar-refractivity contribution in [3.63, 3.8) is 0 Å². The maximum Gasteiger partial charge on any atom is 0.325 e. The highest BCUT2D eigenvalue weighted by molar-refractivity contribution is 6.03. The van der Waals surface area contributed by atoms with Crippen LogP contribution in [-0.2, 0) is 11.3 Å². The van der Waals surface area contributed by atoms with Crippen molar-refractivity contribution in [1.82, 2.24) is 24.9 Å². The Morgan fingerprint density at radius 1 is 1.10 bits per heavy atom. The van der Waals surface area contributed by atoms with Crippen LogP contribution in [0, 0.1) is 0 Å². The number of likely N-dealkylation sites (N-methyl/N-ethyl adjacent to an activating group) is 1. The summed E-state index contributed by atoms with van der Waals surface area (Å²) < 4.78 is 0. The average molecular weight is 399 g/mol. The number of carbonyl (C=O) groups is 2. The van der Waals surface area contributed by atoms with E-state index < -0.39 is 12.2 Å². The molecule has 3 heterocycles. The van der Waals surface area contributed by atoms with Gasteiger partial charge >= 0.3 is 6.03 Å². The molecule has 2 unspecified atom stereocenters. The zero-order valence-electron chi connectivity index (χ0n) is 17.3. The maximum atomic E-state index is 12.6. The standard InChI is InChI=1S/C21H30N6O2/c1-3-4-10-27-17-18(24(2)21(29)23-19(17)28)22-20(27)26-13-11-25(12-14-26)15-16-8-6-5-7-9-16/h5-9,17-18H,3-4,10-15H2,1-2H3,(H,23,28,29). The number of piperazine rings is 1. The zero-order chi connectivity index (χ0) is 20.4. The summed E-state index contributed by atoms with van der Waals surface area (Å²) in [6.07, 6.45) is 1.59. The van der Waals surface area contributed by atoms with Crippen LogP contribution in [0.15, 0.2) is 35.3 Å². The van der Waals surface area contributed by atoms with Gasteiger partial charge in [0.2, 0.25) is 0 Å². The van der Waals surface area contributed by atoms with Crippen LogP contribution in [0.5, 0.6) is 0 Å². The first-order chi connectivity index (χ1) is 14.1. The molecule has 1 N–H and O–H groups in total. The quantitative estimate of drug-likeness (QED) is 0.806. The molecule has 2 atom stereocenters. The van der Waals surface area contributed by atoms with Gasteiger partial charge in [-0.05, 0) is 12.0 Å². The SMILES string of the molecule is CCCCN1C(N2CCN(Cc3ccccc3)CC2)=NC2C1C(=O)NC(=O)N2C. The van der Waals surface area contributed by atoms with Gasteiger partial charge in [0, 0.05) is 46.3 Å². The third-order valence-electron chi connectivity index (χ3n) is 6.00. The molecule has 0 spiro atoms. The van der Waals surface area contributed by atoms with E-state index in [1.165, 1.54) is 5.56 Å². The van der Waals surface area contributed by atoms with Crippen molar-refractivity contribution in [3.05, 3.63) is 35.9 Å². The molecule has 3 aliphatic heterocycles. The largest absolute Gasteiger partial charge is 0.340 e. The highest BCUT2D eigenvalue weighted by Crippen LogP contribution is 2.26. The van der Waals surface area contributed by atoms with Crippen LogP contribution >= 0.6 is 0 Å². The number of imide groups is 1. The fraction of sp³-hybridized carbons (Fsp3) is 0.571. The van der Waals surface area contributed by atoms with Crippen LogP contribution in [0.4, 0.5) is 4.79 Å².